The van der Waals surface area contributed by atoms with Crippen LogP contribution in [0.15, 0.2) is 16.6 Å². The predicted octanol–water partition coefficient (Wildman–Crippen LogP) is 2.78. The van der Waals surface area contributed by atoms with Gasteiger partial charge in [-0.15, -0.1) is 0 Å². The molecule has 1 aliphatic rings. The van der Waals surface area contributed by atoms with Crippen LogP contribution in [0, 0.1) is 0 Å². The lowest BCUT2D eigenvalue weighted by molar-refractivity contribution is 0.287. The molecule has 0 saturated carbocycles. The number of benzene rings is 1. The summed E-state index contributed by atoms with van der Waals surface area (Å²) in [4.78, 5) is 0. The van der Waals surface area contributed by atoms with Crippen molar-refractivity contribution in [1.82, 2.24) is 0 Å². The van der Waals surface area contributed by atoms with E-state index in [4.69, 9.17) is 9.47 Å². The van der Waals surface area contributed by atoms with Crippen molar-refractivity contribution in [3.05, 3.63) is 22.2 Å². The first kappa shape index (κ1) is 8.88. The standard InChI is InChI=1S/C10H11BrO2/c1-12-10-5-7-3-2-4-13-9(7)6-8(10)11/h5-6H,2-4H2,1H3. The molecule has 13 heavy (non-hydrogen) atoms. The topological polar surface area (TPSA) is 18.5 Å². The van der Waals surface area contributed by atoms with Gasteiger partial charge in [0, 0.05) is 0 Å². The van der Waals surface area contributed by atoms with E-state index in [0.717, 1.165) is 35.4 Å². The summed E-state index contributed by atoms with van der Waals surface area (Å²) >= 11 is 3.43. The molecular weight excluding hydrogens is 232 g/mol. The van der Waals surface area contributed by atoms with Crippen molar-refractivity contribution in [2.45, 2.75) is 12.8 Å². The average molecular weight is 243 g/mol. The van der Waals surface area contributed by atoms with Gasteiger partial charge in [-0.3, -0.25) is 0 Å². The molecule has 0 unspecified atom stereocenters. The summed E-state index contributed by atoms with van der Waals surface area (Å²) in [6, 6.07) is 4.02. The van der Waals surface area contributed by atoms with Crippen molar-refractivity contribution in [2.24, 2.45) is 0 Å². The van der Waals surface area contributed by atoms with Gasteiger partial charge in [-0.1, -0.05) is 0 Å². The van der Waals surface area contributed by atoms with Crippen LogP contribution >= 0.6 is 15.9 Å². The summed E-state index contributed by atoms with van der Waals surface area (Å²) in [6.07, 6.45) is 2.18. The van der Waals surface area contributed by atoms with Crippen LogP contribution in [0.3, 0.4) is 0 Å². The Morgan fingerprint density at radius 3 is 3.08 bits per heavy atom. The van der Waals surface area contributed by atoms with Crippen LogP contribution in [0.1, 0.15) is 12.0 Å². The summed E-state index contributed by atoms with van der Waals surface area (Å²) in [5.41, 5.74) is 1.24. The van der Waals surface area contributed by atoms with E-state index >= 15 is 0 Å². The van der Waals surface area contributed by atoms with Crippen LogP contribution in [0.4, 0.5) is 0 Å². The highest BCUT2D eigenvalue weighted by Gasteiger charge is 2.13. The zero-order valence-corrected chi connectivity index (χ0v) is 9.06. The molecule has 0 fully saturated rings. The third-order valence-corrected chi connectivity index (χ3v) is 2.80. The van der Waals surface area contributed by atoms with Gasteiger partial charge >= 0.3 is 0 Å². The Hall–Kier alpha value is -0.700. The molecule has 1 aliphatic heterocycles. The normalized spacial score (nSPS) is 14.6. The predicted molar refractivity (Wildman–Crippen MR) is 54.5 cm³/mol. The number of methoxy groups -OCH3 is 1. The molecule has 1 aromatic carbocycles. The maximum Gasteiger partial charge on any atom is 0.133 e. The maximum atomic E-state index is 5.52. The third-order valence-electron chi connectivity index (χ3n) is 2.18. The smallest absolute Gasteiger partial charge is 0.133 e. The van der Waals surface area contributed by atoms with Crippen molar-refractivity contribution < 1.29 is 9.47 Å². The summed E-state index contributed by atoms with van der Waals surface area (Å²) in [6.45, 7) is 0.825. The van der Waals surface area contributed by atoms with Gasteiger partial charge in [0.25, 0.3) is 0 Å². The molecule has 0 N–H and O–H groups in total. The van der Waals surface area contributed by atoms with Crippen LogP contribution in [-0.2, 0) is 6.42 Å². The van der Waals surface area contributed by atoms with Crippen LogP contribution in [0.2, 0.25) is 0 Å². The van der Waals surface area contributed by atoms with Crippen LogP contribution in [-0.4, -0.2) is 13.7 Å². The highest BCUT2D eigenvalue weighted by atomic mass is 79.9. The van der Waals surface area contributed by atoms with Gasteiger partial charge in [0.1, 0.15) is 11.5 Å². The molecular formula is C10H11BrO2. The largest absolute Gasteiger partial charge is 0.496 e. The van der Waals surface area contributed by atoms with E-state index < -0.39 is 0 Å². The maximum absolute atomic E-state index is 5.52. The monoisotopic (exact) mass is 242 g/mol. The molecule has 1 aromatic rings. The van der Waals surface area contributed by atoms with Gasteiger partial charge in [0.05, 0.1) is 18.2 Å². The van der Waals surface area contributed by atoms with E-state index in [1.54, 1.807) is 7.11 Å². The lowest BCUT2D eigenvalue weighted by Gasteiger charge is -2.18. The minimum absolute atomic E-state index is 0.825. The SMILES string of the molecule is COc1cc2c(cc1Br)OCCC2. The molecule has 0 atom stereocenters. The van der Waals surface area contributed by atoms with Crippen LogP contribution in [0.5, 0.6) is 11.5 Å². The highest BCUT2D eigenvalue weighted by molar-refractivity contribution is 9.10. The van der Waals surface area contributed by atoms with E-state index in [1.807, 2.05) is 12.1 Å². The summed E-state index contributed by atoms with van der Waals surface area (Å²) in [5, 5.41) is 0. The lowest BCUT2D eigenvalue weighted by atomic mass is 10.1. The molecule has 0 spiro atoms. The summed E-state index contributed by atoms with van der Waals surface area (Å²) in [5.74, 6) is 1.86. The number of hydrogen-bond donors (Lipinski definition) is 0. The Morgan fingerprint density at radius 1 is 1.46 bits per heavy atom. The van der Waals surface area contributed by atoms with Crippen LogP contribution in [0.25, 0.3) is 0 Å². The number of rotatable bonds is 1. The van der Waals surface area contributed by atoms with E-state index in [0.29, 0.717) is 0 Å². The Morgan fingerprint density at radius 2 is 2.31 bits per heavy atom. The van der Waals surface area contributed by atoms with Crippen molar-refractivity contribution in [1.29, 1.82) is 0 Å². The highest BCUT2D eigenvalue weighted by Crippen LogP contribution is 2.35. The zero-order chi connectivity index (χ0) is 9.26. The van der Waals surface area contributed by atoms with Gasteiger partial charge in [0.15, 0.2) is 0 Å². The van der Waals surface area contributed by atoms with Crippen molar-refractivity contribution in [3.8, 4) is 11.5 Å². The second-order valence-electron chi connectivity index (χ2n) is 3.05. The van der Waals surface area contributed by atoms with E-state index in [-0.39, 0.29) is 0 Å². The summed E-state index contributed by atoms with van der Waals surface area (Å²) in [7, 11) is 1.68. The molecule has 70 valence electrons. The Labute approximate surface area is 86.0 Å². The van der Waals surface area contributed by atoms with Gasteiger partial charge < -0.3 is 9.47 Å². The second-order valence-corrected chi connectivity index (χ2v) is 3.90. The molecule has 0 aromatic heterocycles. The lowest BCUT2D eigenvalue weighted by Crippen LogP contribution is -2.08. The van der Waals surface area contributed by atoms with Crippen molar-refractivity contribution >= 4 is 15.9 Å². The van der Waals surface area contributed by atoms with Gasteiger partial charge in [-0.2, -0.15) is 0 Å². The van der Waals surface area contributed by atoms with Gasteiger partial charge in [-0.05, 0) is 46.5 Å². The van der Waals surface area contributed by atoms with Crippen LogP contribution < -0.4 is 9.47 Å². The first-order valence-electron chi connectivity index (χ1n) is 4.30. The molecule has 3 heteroatoms. The first-order valence-corrected chi connectivity index (χ1v) is 5.10. The minimum atomic E-state index is 0.825. The number of aryl methyl sites for hydroxylation is 1. The quantitative estimate of drug-likeness (QED) is 0.755. The second kappa shape index (κ2) is 3.58. The number of hydrogen-bond acceptors (Lipinski definition) is 2. The van der Waals surface area contributed by atoms with Crippen molar-refractivity contribution in [3.63, 3.8) is 0 Å². The van der Waals surface area contributed by atoms with Gasteiger partial charge in [0.2, 0.25) is 0 Å². The number of fused-ring (bicyclic) bond motifs is 1. The molecule has 1 heterocycles. The fraction of sp³-hybridized carbons (Fsp3) is 0.400. The molecule has 0 bridgehead atoms. The molecule has 2 rings (SSSR count). The molecule has 0 aliphatic carbocycles. The molecule has 0 saturated heterocycles. The minimum Gasteiger partial charge on any atom is -0.496 e. The van der Waals surface area contributed by atoms with E-state index in [2.05, 4.69) is 15.9 Å². The Balaban J connectivity index is 2.44. The zero-order valence-electron chi connectivity index (χ0n) is 7.47. The fourth-order valence-corrected chi connectivity index (χ4v) is 1.99. The molecule has 0 amide bonds. The first-order chi connectivity index (χ1) is 6.31. The summed E-state index contributed by atoms with van der Waals surface area (Å²) < 4.78 is 11.7. The van der Waals surface area contributed by atoms with E-state index in [1.165, 1.54) is 5.56 Å². The van der Waals surface area contributed by atoms with Crippen molar-refractivity contribution in [2.75, 3.05) is 13.7 Å². The number of ether oxygens (including phenoxy) is 2. The fourth-order valence-electron chi connectivity index (χ4n) is 1.51. The molecule has 0 radical (unpaired) electrons. The Bertz CT molecular complexity index is 323. The van der Waals surface area contributed by atoms with E-state index in [9.17, 15) is 0 Å². The average Bonchev–Trinajstić information content (AvgIpc) is 2.17. The Kier molecular flexibility index (Phi) is 2.44. The molecule has 2 nitrogen and oxygen atoms in total. The van der Waals surface area contributed by atoms with Gasteiger partial charge in [-0.25, -0.2) is 0 Å². The number of halogens is 1. The third kappa shape index (κ3) is 1.66.